The van der Waals surface area contributed by atoms with Crippen molar-refractivity contribution in [3.63, 3.8) is 0 Å². The molecule has 2 aromatic carbocycles. The molecule has 0 fully saturated rings. The molecule has 0 saturated heterocycles. The van der Waals surface area contributed by atoms with Gasteiger partial charge in [0.2, 0.25) is 5.95 Å². The van der Waals surface area contributed by atoms with Gasteiger partial charge in [-0.05, 0) is 52.2 Å². The predicted octanol–water partition coefficient (Wildman–Crippen LogP) is 4.47. The van der Waals surface area contributed by atoms with Gasteiger partial charge in [-0.3, -0.25) is 0 Å². The maximum atomic E-state index is 13.0. The molecule has 1 N–H and O–H groups in total. The van der Waals surface area contributed by atoms with Crippen LogP contribution in [0, 0.1) is 5.82 Å². The fourth-order valence-corrected chi connectivity index (χ4v) is 3.01. The Labute approximate surface area is 173 Å². The van der Waals surface area contributed by atoms with Gasteiger partial charge in [-0.15, -0.1) is 0 Å². The van der Waals surface area contributed by atoms with E-state index in [1.165, 1.54) is 12.1 Å². The number of nitrogens with zero attached hydrogens (tertiary/aromatic N) is 4. The number of halogens is 2. The highest BCUT2D eigenvalue weighted by atomic mass is 35.5. The first-order valence-electron chi connectivity index (χ1n) is 9.34. The van der Waals surface area contributed by atoms with E-state index in [2.05, 4.69) is 27.8 Å². The van der Waals surface area contributed by atoms with Gasteiger partial charge in [0.25, 0.3) is 0 Å². The molecule has 0 spiro atoms. The van der Waals surface area contributed by atoms with Crippen molar-refractivity contribution in [2.75, 3.05) is 12.4 Å². The van der Waals surface area contributed by atoms with Gasteiger partial charge in [-0.1, -0.05) is 42.2 Å². The maximum Gasteiger partial charge on any atom is 0.243 e. The summed E-state index contributed by atoms with van der Waals surface area (Å²) in [5.41, 5.74) is 1.72. The Morgan fingerprint density at radius 1 is 1.17 bits per heavy atom. The lowest BCUT2D eigenvalue weighted by Gasteiger charge is -2.15. The van der Waals surface area contributed by atoms with Crippen LogP contribution < -0.4 is 14.8 Å². The Balaban J connectivity index is 1.67. The summed E-state index contributed by atoms with van der Waals surface area (Å²) in [5.74, 6) is 1.27. The van der Waals surface area contributed by atoms with Crippen molar-refractivity contribution in [1.82, 2.24) is 20.2 Å². The van der Waals surface area contributed by atoms with E-state index < -0.39 is 0 Å². The van der Waals surface area contributed by atoms with Crippen molar-refractivity contribution in [1.29, 1.82) is 0 Å². The summed E-state index contributed by atoms with van der Waals surface area (Å²) >= 11 is 6.43. The molecule has 0 radical (unpaired) electrons. The number of aromatic nitrogens is 4. The van der Waals surface area contributed by atoms with Crippen molar-refractivity contribution in [2.45, 2.75) is 39.5 Å². The average molecular weight is 420 g/mol. The summed E-state index contributed by atoms with van der Waals surface area (Å²) in [5, 5.41) is 15.4. The van der Waals surface area contributed by atoms with Crippen molar-refractivity contribution >= 4 is 17.5 Å². The first-order valence-corrected chi connectivity index (χ1v) is 9.72. The quantitative estimate of drug-likeness (QED) is 0.522. The molecular formula is C20H23ClFN5O2. The van der Waals surface area contributed by atoms with E-state index in [4.69, 9.17) is 21.1 Å². The first kappa shape index (κ1) is 20.9. The number of unbranched alkanes of at least 4 members (excludes halogenated alkanes) is 1. The first-order chi connectivity index (χ1) is 14.1. The second-order valence-electron chi connectivity index (χ2n) is 6.46. The van der Waals surface area contributed by atoms with Gasteiger partial charge in [0, 0.05) is 13.1 Å². The fourth-order valence-electron chi connectivity index (χ4n) is 2.72. The average Bonchev–Trinajstić information content (AvgIpc) is 3.18. The molecule has 0 saturated carbocycles. The molecule has 29 heavy (non-hydrogen) atoms. The normalized spacial score (nSPS) is 10.8. The van der Waals surface area contributed by atoms with Crippen LogP contribution in [0.25, 0.3) is 0 Å². The fraction of sp³-hybridized carbons (Fsp3) is 0.350. The monoisotopic (exact) mass is 419 g/mol. The summed E-state index contributed by atoms with van der Waals surface area (Å²) in [6, 6.07) is 9.75. The molecule has 7 nitrogen and oxygen atoms in total. The highest BCUT2D eigenvalue weighted by Gasteiger charge is 2.13. The molecule has 0 aliphatic rings. The Morgan fingerprint density at radius 3 is 2.69 bits per heavy atom. The zero-order chi connectivity index (χ0) is 20.6. The van der Waals surface area contributed by atoms with Gasteiger partial charge >= 0.3 is 0 Å². The van der Waals surface area contributed by atoms with E-state index in [-0.39, 0.29) is 12.4 Å². The number of methoxy groups -OCH3 is 1. The van der Waals surface area contributed by atoms with Gasteiger partial charge < -0.3 is 14.8 Å². The lowest BCUT2D eigenvalue weighted by molar-refractivity contribution is 0.284. The lowest BCUT2D eigenvalue weighted by Crippen LogP contribution is -2.09. The number of aryl methyl sites for hydroxylation is 1. The van der Waals surface area contributed by atoms with E-state index in [1.54, 1.807) is 30.0 Å². The summed E-state index contributed by atoms with van der Waals surface area (Å²) in [6.45, 7) is 3.60. The van der Waals surface area contributed by atoms with Crippen LogP contribution in [0.15, 0.2) is 36.4 Å². The van der Waals surface area contributed by atoms with Crippen molar-refractivity contribution in [2.24, 2.45) is 0 Å². The molecular weight excluding hydrogens is 397 g/mol. The van der Waals surface area contributed by atoms with Gasteiger partial charge in [-0.2, -0.15) is 0 Å². The highest BCUT2D eigenvalue weighted by molar-refractivity contribution is 6.32. The Morgan fingerprint density at radius 2 is 1.97 bits per heavy atom. The van der Waals surface area contributed by atoms with Crippen LogP contribution in [0.2, 0.25) is 5.02 Å². The minimum atomic E-state index is -0.290. The molecule has 0 bridgehead atoms. The van der Waals surface area contributed by atoms with Gasteiger partial charge in [0.1, 0.15) is 12.4 Å². The summed E-state index contributed by atoms with van der Waals surface area (Å²) in [4.78, 5) is 0. The van der Waals surface area contributed by atoms with Crippen molar-refractivity contribution in [3.05, 3.63) is 58.4 Å². The van der Waals surface area contributed by atoms with Gasteiger partial charge in [-0.25, -0.2) is 9.07 Å². The third kappa shape index (κ3) is 5.57. The second-order valence-corrected chi connectivity index (χ2v) is 6.86. The molecule has 0 amide bonds. The van der Waals surface area contributed by atoms with Crippen LogP contribution in [-0.2, 0) is 19.7 Å². The van der Waals surface area contributed by atoms with Crippen LogP contribution in [0.3, 0.4) is 0 Å². The largest absolute Gasteiger partial charge is 0.493 e. The maximum absolute atomic E-state index is 13.0. The Hall–Kier alpha value is -2.87. The van der Waals surface area contributed by atoms with E-state index in [1.807, 2.05) is 6.07 Å². The van der Waals surface area contributed by atoms with Gasteiger partial charge in [0.05, 0.1) is 12.1 Å². The molecule has 154 valence electrons. The zero-order valence-electron chi connectivity index (χ0n) is 16.4. The summed E-state index contributed by atoms with van der Waals surface area (Å²) in [7, 11) is 1.55. The molecule has 0 aliphatic carbocycles. The number of hydrogen-bond donors (Lipinski definition) is 1. The van der Waals surface area contributed by atoms with E-state index >= 15 is 0 Å². The van der Waals surface area contributed by atoms with E-state index in [0.29, 0.717) is 29.0 Å². The molecule has 1 aromatic heterocycles. The number of benzene rings is 2. The van der Waals surface area contributed by atoms with E-state index in [9.17, 15) is 4.39 Å². The molecule has 0 atom stereocenters. The third-order valence-corrected chi connectivity index (χ3v) is 4.57. The summed E-state index contributed by atoms with van der Waals surface area (Å²) in [6.07, 6.45) is 2.06. The van der Waals surface area contributed by atoms with Crippen LogP contribution >= 0.6 is 11.6 Å². The molecule has 1 heterocycles. The van der Waals surface area contributed by atoms with E-state index in [0.717, 1.165) is 30.5 Å². The Bertz CT molecular complexity index is 933. The topological polar surface area (TPSA) is 74.1 Å². The number of ether oxygens (including phenoxy) is 2. The molecule has 0 aliphatic heterocycles. The molecule has 0 unspecified atom stereocenters. The predicted molar refractivity (Wildman–Crippen MR) is 109 cm³/mol. The third-order valence-electron chi connectivity index (χ3n) is 4.29. The standard InChI is InChI=1S/C20H23ClFN5O2/c1-3-4-9-27-20(24-25-26-27)23-12-15-10-17(21)19(18(11-15)28-2)29-13-14-5-7-16(22)8-6-14/h5-8,10-11H,3-4,9,12-13H2,1-2H3,(H,23,24,26). The van der Waals surface area contributed by atoms with Crippen LogP contribution in [-0.4, -0.2) is 27.3 Å². The highest BCUT2D eigenvalue weighted by Crippen LogP contribution is 2.37. The number of anilines is 1. The lowest BCUT2D eigenvalue weighted by atomic mass is 10.2. The van der Waals surface area contributed by atoms with Crippen LogP contribution in [0.5, 0.6) is 11.5 Å². The number of tetrazole rings is 1. The number of rotatable bonds is 10. The van der Waals surface area contributed by atoms with Crippen LogP contribution in [0.4, 0.5) is 10.3 Å². The minimum Gasteiger partial charge on any atom is -0.493 e. The smallest absolute Gasteiger partial charge is 0.243 e. The molecule has 3 aromatic rings. The number of hydrogen-bond acceptors (Lipinski definition) is 6. The summed E-state index contributed by atoms with van der Waals surface area (Å²) < 4.78 is 26.0. The minimum absolute atomic E-state index is 0.250. The zero-order valence-corrected chi connectivity index (χ0v) is 17.1. The SMILES string of the molecule is CCCCn1nnnc1NCc1cc(Cl)c(OCc2ccc(F)cc2)c(OC)c1. The van der Waals surface area contributed by atoms with Gasteiger partial charge in [0.15, 0.2) is 11.5 Å². The molecule has 3 rings (SSSR count). The van der Waals surface area contributed by atoms with Crippen molar-refractivity contribution < 1.29 is 13.9 Å². The van der Waals surface area contributed by atoms with Crippen LogP contribution in [0.1, 0.15) is 30.9 Å². The molecule has 9 heteroatoms. The van der Waals surface area contributed by atoms with Crippen molar-refractivity contribution in [3.8, 4) is 11.5 Å². The number of nitrogens with one attached hydrogen (secondary N) is 1. The second kappa shape index (κ2) is 10.1. The Kier molecular flexibility index (Phi) is 7.24.